The fourth-order valence-electron chi connectivity index (χ4n) is 3.26. The van der Waals surface area contributed by atoms with Gasteiger partial charge >= 0.3 is 0 Å². The molecule has 21 heavy (non-hydrogen) atoms. The van der Waals surface area contributed by atoms with E-state index in [0.717, 1.165) is 31.5 Å². The lowest BCUT2D eigenvalue weighted by molar-refractivity contribution is 0.00230. The lowest BCUT2D eigenvalue weighted by Crippen LogP contribution is -2.67. The van der Waals surface area contributed by atoms with Gasteiger partial charge in [0.1, 0.15) is 5.82 Å². The molecule has 1 heterocycles. The quantitative estimate of drug-likeness (QED) is 0.895. The summed E-state index contributed by atoms with van der Waals surface area (Å²) in [5.41, 5.74) is 1.05. The summed E-state index contributed by atoms with van der Waals surface area (Å²) < 4.78 is 13.7. The number of piperazine rings is 1. The Bertz CT molecular complexity index is 498. The SMILES string of the molecule is CCC1(CC)CNC(C)(C)CN1Cc1cccc(F)c1Cl. The van der Waals surface area contributed by atoms with E-state index in [1.54, 1.807) is 6.07 Å². The van der Waals surface area contributed by atoms with Gasteiger partial charge in [0.15, 0.2) is 0 Å². The average Bonchev–Trinajstić information content (AvgIpc) is 2.44. The molecule has 1 N–H and O–H groups in total. The maximum absolute atomic E-state index is 13.7. The highest BCUT2D eigenvalue weighted by molar-refractivity contribution is 6.31. The Morgan fingerprint density at radius 2 is 1.95 bits per heavy atom. The number of nitrogens with one attached hydrogen (secondary N) is 1. The molecule has 0 saturated carbocycles. The predicted molar refractivity (Wildman–Crippen MR) is 87.2 cm³/mol. The Labute approximate surface area is 132 Å². The number of nitrogens with zero attached hydrogens (tertiary/aromatic N) is 1. The Morgan fingerprint density at radius 3 is 2.57 bits per heavy atom. The highest BCUT2D eigenvalue weighted by Gasteiger charge is 2.41. The van der Waals surface area contributed by atoms with Gasteiger partial charge < -0.3 is 5.32 Å². The standard InChI is InChI=1S/C17H26ClFN2/c1-5-17(6-2)11-20-16(3,4)12-21(17)10-13-8-7-9-14(19)15(13)18/h7-9,20H,5-6,10-12H2,1-4H3. The predicted octanol–water partition coefficient (Wildman–Crippen LogP) is 4.22. The van der Waals surface area contributed by atoms with E-state index in [1.807, 2.05) is 6.07 Å². The molecule has 1 aromatic rings. The first kappa shape index (κ1) is 16.7. The molecule has 1 aliphatic heterocycles. The Kier molecular flexibility index (Phi) is 4.96. The maximum Gasteiger partial charge on any atom is 0.142 e. The van der Waals surface area contributed by atoms with E-state index in [0.29, 0.717) is 6.54 Å². The summed E-state index contributed by atoms with van der Waals surface area (Å²) in [5, 5.41) is 3.90. The van der Waals surface area contributed by atoms with Gasteiger partial charge in [0.05, 0.1) is 5.02 Å². The summed E-state index contributed by atoms with van der Waals surface area (Å²) in [7, 11) is 0. The van der Waals surface area contributed by atoms with Crippen molar-refractivity contribution in [2.24, 2.45) is 0 Å². The zero-order valence-electron chi connectivity index (χ0n) is 13.5. The van der Waals surface area contributed by atoms with E-state index < -0.39 is 0 Å². The summed E-state index contributed by atoms with van der Waals surface area (Å²) in [6, 6.07) is 5.08. The van der Waals surface area contributed by atoms with Crippen molar-refractivity contribution in [3.05, 3.63) is 34.6 Å². The average molecular weight is 313 g/mol. The second kappa shape index (κ2) is 6.23. The monoisotopic (exact) mass is 312 g/mol. The number of halogens is 2. The van der Waals surface area contributed by atoms with E-state index >= 15 is 0 Å². The minimum atomic E-state index is -0.331. The van der Waals surface area contributed by atoms with Crippen LogP contribution >= 0.6 is 11.6 Å². The van der Waals surface area contributed by atoms with Gasteiger partial charge in [-0.05, 0) is 38.3 Å². The van der Waals surface area contributed by atoms with Gasteiger partial charge in [0.2, 0.25) is 0 Å². The summed E-state index contributed by atoms with van der Waals surface area (Å²) >= 11 is 6.15. The number of rotatable bonds is 4. The third-order valence-electron chi connectivity index (χ3n) is 4.86. The molecular formula is C17H26ClFN2. The summed E-state index contributed by atoms with van der Waals surface area (Å²) in [4.78, 5) is 2.48. The van der Waals surface area contributed by atoms with E-state index in [9.17, 15) is 4.39 Å². The second-order valence-electron chi connectivity index (χ2n) is 6.74. The van der Waals surface area contributed by atoms with Crippen molar-refractivity contribution in [3.8, 4) is 0 Å². The first-order valence-electron chi connectivity index (χ1n) is 7.76. The largest absolute Gasteiger partial charge is 0.309 e. The van der Waals surface area contributed by atoms with Gasteiger partial charge in [-0.2, -0.15) is 0 Å². The molecule has 2 rings (SSSR count). The van der Waals surface area contributed by atoms with Gasteiger partial charge in [0.25, 0.3) is 0 Å². The van der Waals surface area contributed by atoms with Gasteiger partial charge in [-0.15, -0.1) is 0 Å². The minimum Gasteiger partial charge on any atom is -0.309 e. The number of benzene rings is 1. The summed E-state index contributed by atoms with van der Waals surface area (Å²) in [6.07, 6.45) is 2.14. The van der Waals surface area contributed by atoms with E-state index in [1.165, 1.54) is 6.07 Å². The third kappa shape index (κ3) is 3.41. The Balaban J connectivity index is 2.30. The molecule has 4 heteroatoms. The van der Waals surface area contributed by atoms with Crippen molar-refractivity contribution in [1.29, 1.82) is 0 Å². The molecule has 0 unspecified atom stereocenters. The van der Waals surface area contributed by atoms with Crippen LogP contribution in [0.5, 0.6) is 0 Å². The lowest BCUT2D eigenvalue weighted by atomic mass is 9.84. The van der Waals surface area contributed by atoms with Gasteiger partial charge in [-0.25, -0.2) is 4.39 Å². The fraction of sp³-hybridized carbons (Fsp3) is 0.647. The highest BCUT2D eigenvalue weighted by atomic mass is 35.5. The van der Waals surface area contributed by atoms with Crippen LogP contribution < -0.4 is 5.32 Å². The Hall–Kier alpha value is -0.640. The van der Waals surface area contributed by atoms with Crippen molar-refractivity contribution in [1.82, 2.24) is 10.2 Å². The Morgan fingerprint density at radius 1 is 1.29 bits per heavy atom. The molecule has 0 spiro atoms. The van der Waals surface area contributed by atoms with Crippen molar-refractivity contribution in [2.75, 3.05) is 13.1 Å². The van der Waals surface area contributed by atoms with E-state index in [2.05, 4.69) is 37.9 Å². The molecule has 1 aliphatic rings. The molecule has 0 aliphatic carbocycles. The first-order chi connectivity index (χ1) is 9.83. The molecule has 0 atom stereocenters. The van der Waals surface area contributed by atoms with Crippen molar-refractivity contribution in [3.63, 3.8) is 0 Å². The second-order valence-corrected chi connectivity index (χ2v) is 7.12. The molecule has 1 aromatic carbocycles. The van der Waals surface area contributed by atoms with Crippen LogP contribution in [0, 0.1) is 5.82 Å². The van der Waals surface area contributed by atoms with Crippen LogP contribution in [0.4, 0.5) is 4.39 Å². The first-order valence-corrected chi connectivity index (χ1v) is 8.14. The molecule has 1 fully saturated rings. The van der Waals surface area contributed by atoms with Crippen LogP contribution in [0.1, 0.15) is 46.1 Å². The molecule has 2 nitrogen and oxygen atoms in total. The maximum atomic E-state index is 13.7. The van der Waals surface area contributed by atoms with Crippen LogP contribution in [0.3, 0.4) is 0 Å². The molecule has 0 bridgehead atoms. The third-order valence-corrected chi connectivity index (χ3v) is 5.29. The zero-order chi connectivity index (χ0) is 15.7. The van der Waals surface area contributed by atoms with E-state index in [-0.39, 0.29) is 21.9 Å². The minimum absolute atomic E-state index is 0.0631. The highest BCUT2D eigenvalue weighted by Crippen LogP contribution is 2.33. The molecule has 118 valence electrons. The van der Waals surface area contributed by atoms with Gasteiger partial charge in [-0.1, -0.05) is 37.6 Å². The van der Waals surface area contributed by atoms with Crippen LogP contribution in [0.15, 0.2) is 18.2 Å². The molecule has 1 saturated heterocycles. The molecule has 0 radical (unpaired) electrons. The zero-order valence-corrected chi connectivity index (χ0v) is 14.2. The molecule has 0 aromatic heterocycles. The van der Waals surface area contributed by atoms with Gasteiger partial charge in [0, 0.05) is 30.7 Å². The van der Waals surface area contributed by atoms with Crippen LogP contribution in [0.25, 0.3) is 0 Å². The summed E-state index contributed by atoms with van der Waals surface area (Å²) in [5.74, 6) is -0.331. The van der Waals surface area contributed by atoms with Crippen molar-refractivity contribution < 1.29 is 4.39 Å². The van der Waals surface area contributed by atoms with Crippen LogP contribution in [0.2, 0.25) is 5.02 Å². The normalized spacial score (nSPS) is 21.4. The number of hydrogen-bond donors (Lipinski definition) is 1. The number of hydrogen-bond acceptors (Lipinski definition) is 2. The molecule has 0 amide bonds. The van der Waals surface area contributed by atoms with E-state index in [4.69, 9.17) is 11.6 Å². The van der Waals surface area contributed by atoms with Crippen molar-refractivity contribution >= 4 is 11.6 Å². The molecular weight excluding hydrogens is 287 g/mol. The van der Waals surface area contributed by atoms with Crippen LogP contribution in [-0.4, -0.2) is 29.1 Å². The fourth-order valence-corrected chi connectivity index (χ4v) is 3.45. The summed E-state index contributed by atoms with van der Waals surface area (Å²) in [6.45, 7) is 11.5. The lowest BCUT2D eigenvalue weighted by Gasteiger charge is -2.52. The topological polar surface area (TPSA) is 15.3 Å². The smallest absolute Gasteiger partial charge is 0.142 e. The van der Waals surface area contributed by atoms with Crippen molar-refractivity contribution in [2.45, 2.75) is 58.2 Å². The van der Waals surface area contributed by atoms with Gasteiger partial charge in [-0.3, -0.25) is 4.90 Å². The van der Waals surface area contributed by atoms with Crippen LogP contribution in [-0.2, 0) is 6.54 Å².